The van der Waals surface area contributed by atoms with Crippen molar-refractivity contribution in [1.82, 2.24) is 19.8 Å². The van der Waals surface area contributed by atoms with Gasteiger partial charge in [-0.3, -0.25) is 0 Å². The van der Waals surface area contributed by atoms with Crippen LogP contribution in [0, 0.1) is 20.8 Å². The second kappa shape index (κ2) is 6.45. The molecule has 0 aliphatic heterocycles. The van der Waals surface area contributed by atoms with E-state index in [-0.39, 0.29) is 16.8 Å². The van der Waals surface area contributed by atoms with E-state index in [1.165, 1.54) is 0 Å². The molecule has 0 radical (unpaired) electrons. The van der Waals surface area contributed by atoms with Crippen molar-refractivity contribution in [3.63, 3.8) is 0 Å². The SMILES string of the molecule is Cc1noc(-c2c(C)[nH]c(C)c2S(=O)(=O)NC(C)c2ccccc2)n1. The van der Waals surface area contributed by atoms with Crippen molar-refractivity contribution in [1.29, 1.82) is 0 Å². The van der Waals surface area contributed by atoms with Crippen molar-refractivity contribution in [2.75, 3.05) is 0 Å². The minimum absolute atomic E-state index is 0.136. The Morgan fingerprint density at radius 1 is 1.12 bits per heavy atom. The quantitative estimate of drug-likeness (QED) is 0.728. The van der Waals surface area contributed by atoms with E-state index in [0.717, 1.165) is 5.56 Å². The molecule has 0 bridgehead atoms. The van der Waals surface area contributed by atoms with Crippen molar-refractivity contribution >= 4 is 10.0 Å². The molecule has 3 rings (SSSR count). The van der Waals surface area contributed by atoms with Gasteiger partial charge in [-0.1, -0.05) is 35.5 Å². The maximum atomic E-state index is 13.0. The van der Waals surface area contributed by atoms with Gasteiger partial charge < -0.3 is 9.51 Å². The fraction of sp³-hybridized carbons (Fsp3) is 0.294. The van der Waals surface area contributed by atoms with Gasteiger partial charge in [-0.05, 0) is 33.3 Å². The molecule has 2 heterocycles. The number of sulfonamides is 1. The lowest BCUT2D eigenvalue weighted by Gasteiger charge is -2.15. The molecular formula is C17H20N4O3S. The number of hydrogen-bond donors (Lipinski definition) is 2. The van der Waals surface area contributed by atoms with E-state index in [1.807, 2.05) is 30.3 Å². The summed E-state index contributed by atoms with van der Waals surface area (Å²) in [4.78, 5) is 7.37. The van der Waals surface area contributed by atoms with Gasteiger partial charge in [0.2, 0.25) is 10.0 Å². The number of nitrogens with one attached hydrogen (secondary N) is 2. The van der Waals surface area contributed by atoms with E-state index in [2.05, 4.69) is 19.8 Å². The number of nitrogens with zero attached hydrogens (tertiary/aromatic N) is 2. The van der Waals surface area contributed by atoms with Gasteiger partial charge in [-0.25, -0.2) is 13.1 Å². The summed E-state index contributed by atoms with van der Waals surface area (Å²) in [6.45, 7) is 6.98. The molecule has 0 amide bonds. The second-order valence-corrected chi connectivity index (χ2v) is 7.63. The highest BCUT2D eigenvalue weighted by Gasteiger charge is 2.30. The number of aromatic nitrogens is 3. The van der Waals surface area contributed by atoms with Crippen molar-refractivity contribution in [3.8, 4) is 11.5 Å². The summed E-state index contributed by atoms with van der Waals surface area (Å²) < 4.78 is 34.0. The molecule has 0 spiro atoms. The Morgan fingerprint density at radius 2 is 1.80 bits per heavy atom. The van der Waals surface area contributed by atoms with Crippen LogP contribution in [0.1, 0.15) is 35.7 Å². The predicted molar refractivity (Wildman–Crippen MR) is 93.5 cm³/mol. The molecular weight excluding hydrogens is 340 g/mol. The van der Waals surface area contributed by atoms with Crippen molar-refractivity contribution < 1.29 is 12.9 Å². The maximum absolute atomic E-state index is 13.0. The lowest BCUT2D eigenvalue weighted by atomic mass is 10.1. The molecule has 1 atom stereocenters. The highest BCUT2D eigenvalue weighted by Crippen LogP contribution is 2.33. The molecule has 1 unspecified atom stereocenters. The molecule has 0 saturated heterocycles. The molecule has 25 heavy (non-hydrogen) atoms. The Bertz CT molecular complexity index is 990. The lowest BCUT2D eigenvalue weighted by molar-refractivity contribution is 0.424. The van der Waals surface area contributed by atoms with Gasteiger partial charge in [0.25, 0.3) is 5.89 Å². The Morgan fingerprint density at radius 3 is 2.40 bits per heavy atom. The Kier molecular flexibility index (Phi) is 4.49. The van der Waals surface area contributed by atoms with Crippen LogP contribution in [0.4, 0.5) is 0 Å². The van der Waals surface area contributed by atoms with Gasteiger partial charge in [-0.15, -0.1) is 0 Å². The van der Waals surface area contributed by atoms with Crippen LogP contribution in [0.3, 0.4) is 0 Å². The van der Waals surface area contributed by atoms with E-state index in [1.54, 1.807) is 27.7 Å². The van der Waals surface area contributed by atoms with Crippen LogP contribution in [0.15, 0.2) is 39.8 Å². The molecule has 2 aromatic heterocycles. The summed E-state index contributed by atoms with van der Waals surface area (Å²) in [5.74, 6) is 0.634. The molecule has 0 aliphatic rings. The standard InChI is InChI=1S/C17H20N4O3S/c1-10(14-8-6-5-7-9-14)21-25(22,23)16-12(3)18-11(2)15(16)17-19-13(4)20-24-17/h5-10,18,21H,1-4H3. The van der Waals surface area contributed by atoms with Gasteiger partial charge in [0.15, 0.2) is 5.82 Å². The van der Waals surface area contributed by atoms with E-state index >= 15 is 0 Å². The Balaban J connectivity index is 2.03. The second-order valence-electron chi connectivity index (χ2n) is 5.98. The first-order valence-electron chi connectivity index (χ1n) is 7.86. The molecule has 2 N–H and O–H groups in total. The average Bonchev–Trinajstić information content (AvgIpc) is 3.10. The first-order chi connectivity index (χ1) is 11.8. The van der Waals surface area contributed by atoms with E-state index < -0.39 is 10.0 Å². The Labute approximate surface area is 146 Å². The number of aromatic amines is 1. The topological polar surface area (TPSA) is 101 Å². The van der Waals surface area contributed by atoms with Crippen molar-refractivity contribution in [3.05, 3.63) is 53.1 Å². The van der Waals surface area contributed by atoms with E-state index in [9.17, 15) is 8.42 Å². The summed E-state index contributed by atoms with van der Waals surface area (Å²) in [6, 6.07) is 9.02. The van der Waals surface area contributed by atoms with Crippen LogP contribution >= 0.6 is 0 Å². The van der Waals surface area contributed by atoms with E-state index in [0.29, 0.717) is 22.8 Å². The van der Waals surface area contributed by atoms with Crippen LogP contribution in [0.25, 0.3) is 11.5 Å². The minimum Gasteiger partial charge on any atom is -0.361 e. The van der Waals surface area contributed by atoms with Crippen molar-refractivity contribution in [2.24, 2.45) is 0 Å². The van der Waals surface area contributed by atoms with Gasteiger partial charge >= 0.3 is 0 Å². The molecule has 8 heteroatoms. The highest BCUT2D eigenvalue weighted by molar-refractivity contribution is 7.89. The zero-order valence-corrected chi connectivity index (χ0v) is 15.3. The van der Waals surface area contributed by atoms with Gasteiger partial charge in [0, 0.05) is 17.4 Å². The fourth-order valence-electron chi connectivity index (χ4n) is 2.85. The van der Waals surface area contributed by atoms with E-state index in [4.69, 9.17) is 4.52 Å². The molecule has 1 aromatic carbocycles. The number of benzene rings is 1. The van der Waals surface area contributed by atoms with Gasteiger partial charge in [0.05, 0.1) is 5.56 Å². The number of hydrogen-bond acceptors (Lipinski definition) is 5. The molecule has 132 valence electrons. The van der Waals surface area contributed by atoms with Crippen LogP contribution in [-0.4, -0.2) is 23.5 Å². The summed E-state index contributed by atoms with van der Waals surface area (Å²) in [6.07, 6.45) is 0. The molecule has 0 saturated carbocycles. The maximum Gasteiger partial charge on any atom is 0.261 e. The zero-order valence-electron chi connectivity index (χ0n) is 14.5. The Hall–Kier alpha value is -2.45. The summed E-state index contributed by atoms with van der Waals surface area (Å²) >= 11 is 0. The third kappa shape index (κ3) is 3.35. The fourth-order valence-corrected chi connectivity index (χ4v) is 4.53. The zero-order chi connectivity index (χ0) is 18.2. The predicted octanol–water partition coefficient (Wildman–Crippen LogP) is 3.03. The molecule has 0 fully saturated rings. The van der Waals surface area contributed by atoms with Gasteiger partial charge in [0.1, 0.15) is 4.90 Å². The number of rotatable bonds is 5. The van der Waals surface area contributed by atoms with Crippen LogP contribution in [0.2, 0.25) is 0 Å². The monoisotopic (exact) mass is 360 g/mol. The van der Waals surface area contributed by atoms with Crippen LogP contribution in [0.5, 0.6) is 0 Å². The first-order valence-corrected chi connectivity index (χ1v) is 9.35. The van der Waals surface area contributed by atoms with Gasteiger partial charge in [-0.2, -0.15) is 4.98 Å². The average molecular weight is 360 g/mol. The van der Waals surface area contributed by atoms with Crippen LogP contribution in [-0.2, 0) is 10.0 Å². The third-order valence-electron chi connectivity index (χ3n) is 3.96. The normalized spacial score (nSPS) is 13.1. The number of aryl methyl sites for hydroxylation is 3. The third-order valence-corrected chi connectivity index (χ3v) is 5.67. The smallest absolute Gasteiger partial charge is 0.261 e. The minimum atomic E-state index is -3.80. The summed E-state index contributed by atoms with van der Waals surface area (Å²) in [5, 5.41) is 3.76. The summed E-state index contributed by atoms with van der Waals surface area (Å²) in [5.41, 5.74) is 2.47. The molecule has 7 nitrogen and oxygen atoms in total. The highest BCUT2D eigenvalue weighted by atomic mass is 32.2. The van der Waals surface area contributed by atoms with Crippen molar-refractivity contribution in [2.45, 2.75) is 38.6 Å². The number of H-pyrrole nitrogens is 1. The van der Waals surface area contributed by atoms with Crippen LogP contribution < -0.4 is 4.72 Å². The lowest BCUT2D eigenvalue weighted by Crippen LogP contribution is -2.27. The molecule has 3 aromatic rings. The summed E-state index contributed by atoms with van der Waals surface area (Å²) in [7, 11) is -3.80. The largest absolute Gasteiger partial charge is 0.361 e. The molecule has 0 aliphatic carbocycles. The first kappa shape index (κ1) is 17.4.